The highest BCUT2D eigenvalue weighted by molar-refractivity contribution is 6.76. The van der Waals surface area contributed by atoms with Crippen molar-refractivity contribution in [1.29, 1.82) is 0 Å². The molecule has 1 saturated heterocycles. The van der Waals surface area contributed by atoms with E-state index in [1.807, 2.05) is 6.07 Å². The number of piperidine rings is 1. The van der Waals surface area contributed by atoms with Crippen molar-refractivity contribution in [3.63, 3.8) is 0 Å². The van der Waals surface area contributed by atoms with Gasteiger partial charge in [-0.1, -0.05) is 19.6 Å². The quantitative estimate of drug-likeness (QED) is 0.464. The molecular formula is C21H32FN3O2Si. The SMILES string of the molecule is COc1cc(F)c2c(c1)c(CCN1CCC3CC31)nn2COCC[Si](C)(C)C. The standard InChI is InChI=1S/C21H32FN3O2Si/c1-26-16-12-17-19(6-8-24-7-5-15-11-20(15)24)23-25(21(17)18(22)13-16)14-27-9-10-28(2,3)4/h12-13,15,20H,5-11,14H2,1-4H3. The molecule has 2 heterocycles. The van der Waals surface area contributed by atoms with Crippen molar-refractivity contribution >= 4 is 19.0 Å². The van der Waals surface area contributed by atoms with Crippen molar-refractivity contribution < 1.29 is 13.9 Å². The van der Waals surface area contributed by atoms with Crippen LogP contribution in [0.25, 0.3) is 10.9 Å². The number of ether oxygens (including phenoxy) is 2. The number of aromatic nitrogens is 2. The highest BCUT2D eigenvalue weighted by Gasteiger charge is 2.46. The largest absolute Gasteiger partial charge is 0.497 e. The van der Waals surface area contributed by atoms with E-state index < -0.39 is 8.07 Å². The maximum atomic E-state index is 14.8. The molecule has 5 nitrogen and oxygen atoms in total. The second kappa shape index (κ2) is 7.76. The van der Waals surface area contributed by atoms with Crippen LogP contribution in [0.2, 0.25) is 25.7 Å². The van der Waals surface area contributed by atoms with Crippen LogP contribution in [0.5, 0.6) is 5.75 Å². The summed E-state index contributed by atoms with van der Waals surface area (Å²) in [7, 11) is 0.423. The topological polar surface area (TPSA) is 39.5 Å². The fraction of sp³-hybridized carbons (Fsp3) is 0.667. The number of rotatable bonds is 9. The van der Waals surface area contributed by atoms with Crippen LogP contribution >= 0.6 is 0 Å². The van der Waals surface area contributed by atoms with Gasteiger partial charge < -0.3 is 9.47 Å². The Kier molecular flexibility index (Phi) is 5.50. The third kappa shape index (κ3) is 4.26. The van der Waals surface area contributed by atoms with E-state index in [1.165, 1.54) is 25.5 Å². The lowest BCUT2D eigenvalue weighted by molar-refractivity contribution is 0.0809. The number of halogens is 1. The number of hydrogen-bond acceptors (Lipinski definition) is 4. The summed E-state index contributed by atoms with van der Waals surface area (Å²) in [5, 5.41) is 5.58. The zero-order chi connectivity index (χ0) is 19.9. The van der Waals surface area contributed by atoms with Crippen LogP contribution in [0.15, 0.2) is 12.1 Å². The Morgan fingerprint density at radius 3 is 2.75 bits per heavy atom. The summed E-state index contributed by atoms with van der Waals surface area (Å²) in [5.74, 6) is 1.16. The molecule has 1 aromatic heterocycles. The molecule has 0 amide bonds. The van der Waals surface area contributed by atoms with E-state index in [0.29, 0.717) is 24.6 Å². The summed E-state index contributed by atoms with van der Waals surface area (Å²) in [4.78, 5) is 2.57. The van der Waals surface area contributed by atoms with Gasteiger partial charge in [0.15, 0.2) is 5.82 Å². The maximum Gasteiger partial charge on any atom is 0.152 e. The third-order valence-electron chi connectivity index (χ3n) is 6.07. The van der Waals surface area contributed by atoms with Gasteiger partial charge in [0, 0.05) is 45.1 Å². The highest BCUT2D eigenvalue weighted by atomic mass is 28.3. The predicted octanol–water partition coefficient (Wildman–Crippen LogP) is 4.13. The first-order chi connectivity index (χ1) is 13.4. The lowest BCUT2D eigenvalue weighted by atomic mass is 10.1. The molecule has 1 aliphatic heterocycles. The summed E-state index contributed by atoms with van der Waals surface area (Å²) < 4.78 is 27.7. The zero-order valence-electron chi connectivity index (χ0n) is 17.5. The molecule has 4 rings (SSSR count). The van der Waals surface area contributed by atoms with Gasteiger partial charge >= 0.3 is 0 Å². The van der Waals surface area contributed by atoms with Crippen molar-refractivity contribution in [3.8, 4) is 5.75 Å². The van der Waals surface area contributed by atoms with Gasteiger partial charge in [0.1, 0.15) is 18.0 Å². The van der Waals surface area contributed by atoms with Gasteiger partial charge in [-0.3, -0.25) is 4.90 Å². The Hall–Kier alpha value is -1.44. The first-order valence-electron chi connectivity index (χ1n) is 10.4. The molecule has 1 aromatic carbocycles. The van der Waals surface area contributed by atoms with E-state index >= 15 is 0 Å². The molecule has 2 aromatic rings. The number of nitrogens with zero attached hydrogens (tertiary/aromatic N) is 3. The van der Waals surface area contributed by atoms with E-state index in [9.17, 15) is 4.39 Å². The summed E-state index contributed by atoms with van der Waals surface area (Å²) in [6, 6.07) is 5.21. The molecule has 0 N–H and O–H groups in total. The lowest BCUT2D eigenvalue weighted by Crippen LogP contribution is -2.25. The molecule has 2 aliphatic rings. The molecule has 2 unspecified atom stereocenters. The average molecular weight is 406 g/mol. The van der Waals surface area contributed by atoms with Gasteiger partial charge in [-0.25, -0.2) is 9.07 Å². The molecule has 7 heteroatoms. The first-order valence-corrected chi connectivity index (χ1v) is 14.1. The minimum Gasteiger partial charge on any atom is -0.497 e. The van der Waals surface area contributed by atoms with E-state index in [2.05, 4.69) is 24.5 Å². The molecule has 2 atom stereocenters. The summed E-state index contributed by atoms with van der Waals surface area (Å²) in [6.07, 6.45) is 3.50. The zero-order valence-corrected chi connectivity index (χ0v) is 18.5. The normalized spacial score (nSPS) is 22.0. The monoisotopic (exact) mass is 405 g/mol. The van der Waals surface area contributed by atoms with Crippen LogP contribution < -0.4 is 4.74 Å². The van der Waals surface area contributed by atoms with Crippen molar-refractivity contribution in [1.82, 2.24) is 14.7 Å². The highest BCUT2D eigenvalue weighted by Crippen LogP contribution is 2.44. The fourth-order valence-electron chi connectivity index (χ4n) is 4.25. The number of benzene rings is 1. The maximum absolute atomic E-state index is 14.8. The molecular weight excluding hydrogens is 373 g/mol. The van der Waals surface area contributed by atoms with Crippen molar-refractivity contribution in [2.75, 3.05) is 26.8 Å². The van der Waals surface area contributed by atoms with Crippen molar-refractivity contribution in [2.24, 2.45) is 5.92 Å². The number of hydrogen-bond donors (Lipinski definition) is 0. The van der Waals surface area contributed by atoms with Gasteiger partial charge in [0.2, 0.25) is 0 Å². The summed E-state index contributed by atoms with van der Waals surface area (Å²) in [5.41, 5.74) is 1.46. The third-order valence-corrected chi connectivity index (χ3v) is 7.77. The lowest BCUT2D eigenvalue weighted by Gasteiger charge is -2.16. The van der Waals surface area contributed by atoms with E-state index in [4.69, 9.17) is 14.6 Å². The van der Waals surface area contributed by atoms with E-state index in [0.717, 1.165) is 42.0 Å². The summed E-state index contributed by atoms with van der Waals surface area (Å²) >= 11 is 0. The van der Waals surface area contributed by atoms with Crippen LogP contribution in [0.1, 0.15) is 18.5 Å². The predicted molar refractivity (Wildman–Crippen MR) is 112 cm³/mol. The fourth-order valence-corrected chi connectivity index (χ4v) is 5.00. The van der Waals surface area contributed by atoms with E-state index in [-0.39, 0.29) is 5.82 Å². The van der Waals surface area contributed by atoms with Crippen LogP contribution in [0.4, 0.5) is 4.39 Å². The van der Waals surface area contributed by atoms with Crippen LogP contribution in [-0.2, 0) is 17.9 Å². The summed E-state index contributed by atoms with van der Waals surface area (Å²) in [6.45, 7) is 10.1. The minimum atomic E-state index is -1.15. The Morgan fingerprint density at radius 1 is 1.29 bits per heavy atom. The van der Waals surface area contributed by atoms with Crippen LogP contribution in [0.3, 0.4) is 0 Å². The molecule has 1 saturated carbocycles. The van der Waals surface area contributed by atoms with Gasteiger partial charge in [-0.15, -0.1) is 0 Å². The van der Waals surface area contributed by atoms with Crippen molar-refractivity contribution in [2.45, 2.75) is 57.7 Å². The molecule has 0 bridgehead atoms. The Labute approximate surface area is 167 Å². The number of likely N-dealkylation sites (tertiary alicyclic amines) is 1. The minimum absolute atomic E-state index is 0.290. The Bertz CT molecular complexity index is 848. The van der Waals surface area contributed by atoms with Gasteiger partial charge in [0.05, 0.1) is 12.8 Å². The van der Waals surface area contributed by atoms with Crippen LogP contribution in [-0.4, -0.2) is 55.6 Å². The Morgan fingerprint density at radius 2 is 2.11 bits per heavy atom. The van der Waals surface area contributed by atoms with Gasteiger partial charge in [0.25, 0.3) is 0 Å². The van der Waals surface area contributed by atoms with Gasteiger partial charge in [-0.2, -0.15) is 5.10 Å². The molecule has 28 heavy (non-hydrogen) atoms. The number of fused-ring (bicyclic) bond motifs is 2. The molecule has 1 aliphatic carbocycles. The van der Waals surface area contributed by atoms with Crippen molar-refractivity contribution in [3.05, 3.63) is 23.6 Å². The van der Waals surface area contributed by atoms with Crippen LogP contribution in [0, 0.1) is 11.7 Å². The second-order valence-corrected chi connectivity index (χ2v) is 15.1. The smallest absolute Gasteiger partial charge is 0.152 e. The van der Waals surface area contributed by atoms with E-state index in [1.54, 1.807) is 11.8 Å². The molecule has 154 valence electrons. The molecule has 0 spiro atoms. The number of methoxy groups -OCH3 is 1. The second-order valence-electron chi connectivity index (χ2n) is 9.44. The Balaban J connectivity index is 1.52. The molecule has 0 radical (unpaired) electrons. The van der Waals surface area contributed by atoms with Gasteiger partial charge in [-0.05, 0) is 37.4 Å². The molecule has 2 fully saturated rings. The average Bonchev–Trinajstić information content (AvgIpc) is 3.17. The first kappa shape index (κ1) is 19.9.